The third-order valence-corrected chi connectivity index (χ3v) is 3.75. The Morgan fingerprint density at radius 3 is 2.62 bits per heavy atom. The molecule has 0 aliphatic heterocycles. The van der Waals surface area contributed by atoms with Gasteiger partial charge in [-0.15, -0.1) is 0 Å². The average Bonchev–Trinajstić information content (AvgIpc) is 2.40. The van der Waals surface area contributed by atoms with E-state index in [0.717, 1.165) is 18.5 Å². The van der Waals surface area contributed by atoms with E-state index in [0.29, 0.717) is 0 Å². The van der Waals surface area contributed by atoms with E-state index in [1.807, 2.05) is 0 Å². The summed E-state index contributed by atoms with van der Waals surface area (Å²) in [5.74, 6) is -1.81. The predicted molar refractivity (Wildman–Crippen MR) is 70.6 cm³/mol. The lowest BCUT2D eigenvalue weighted by molar-refractivity contribution is -0.136. The van der Waals surface area contributed by atoms with Crippen molar-refractivity contribution in [2.24, 2.45) is 0 Å². The summed E-state index contributed by atoms with van der Waals surface area (Å²) >= 11 is 0. The SMILES string of the molecule is O=C(O)Cc1ccc(NS(=O)(=O)c2cncc(F)c2)cn1. The number of pyridine rings is 2. The van der Waals surface area contributed by atoms with Crippen LogP contribution in [0.5, 0.6) is 0 Å². The molecule has 0 amide bonds. The van der Waals surface area contributed by atoms with Gasteiger partial charge in [-0.25, -0.2) is 12.8 Å². The van der Waals surface area contributed by atoms with Crippen LogP contribution in [0.3, 0.4) is 0 Å². The summed E-state index contributed by atoms with van der Waals surface area (Å²) in [7, 11) is -3.98. The van der Waals surface area contributed by atoms with Gasteiger partial charge >= 0.3 is 5.97 Å². The fourth-order valence-electron chi connectivity index (χ4n) is 1.50. The highest BCUT2D eigenvalue weighted by Gasteiger charge is 2.15. The van der Waals surface area contributed by atoms with E-state index in [1.165, 1.54) is 18.3 Å². The van der Waals surface area contributed by atoms with Crippen molar-refractivity contribution in [3.05, 3.63) is 48.3 Å². The molecule has 0 aromatic carbocycles. The van der Waals surface area contributed by atoms with Crippen molar-refractivity contribution in [2.45, 2.75) is 11.3 Å². The van der Waals surface area contributed by atoms with Crippen LogP contribution in [-0.2, 0) is 21.2 Å². The number of sulfonamides is 1. The average molecular weight is 311 g/mol. The first-order valence-corrected chi connectivity index (χ1v) is 7.15. The van der Waals surface area contributed by atoms with E-state index in [1.54, 1.807) is 0 Å². The summed E-state index contributed by atoms with van der Waals surface area (Å²) in [4.78, 5) is 17.5. The van der Waals surface area contributed by atoms with Gasteiger partial charge in [0.25, 0.3) is 10.0 Å². The standard InChI is InChI=1S/C12H10FN3O4S/c13-8-3-11(7-14-5-8)21(19,20)16-10-2-1-9(15-6-10)4-12(17)18/h1-3,5-7,16H,4H2,(H,17,18). The number of nitrogens with zero attached hydrogens (tertiary/aromatic N) is 2. The molecule has 0 aliphatic rings. The molecular formula is C12H10FN3O4S. The largest absolute Gasteiger partial charge is 0.481 e. The first kappa shape index (κ1) is 14.9. The van der Waals surface area contributed by atoms with Crippen LogP contribution >= 0.6 is 0 Å². The molecule has 0 spiro atoms. The maximum Gasteiger partial charge on any atom is 0.309 e. The fraction of sp³-hybridized carbons (Fsp3) is 0.0833. The smallest absolute Gasteiger partial charge is 0.309 e. The molecule has 2 aromatic rings. The number of nitrogens with one attached hydrogen (secondary N) is 1. The topological polar surface area (TPSA) is 109 Å². The molecule has 2 aromatic heterocycles. The van der Waals surface area contributed by atoms with Gasteiger partial charge in [-0.05, 0) is 18.2 Å². The van der Waals surface area contributed by atoms with Crippen LogP contribution in [0.25, 0.3) is 0 Å². The van der Waals surface area contributed by atoms with Gasteiger partial charge in [0.1, 0.15) is 10.7 Å². The molecule has 7 nitrogen and oxygen atoms in total. The van der Waals surface area contributed by atoms with Crippen LogP contribution in [0.4, 0.5) is 10.1 Å². The van der Waals surface area contributed by atoms with E-state index < -0.39 is 21.8 Å². The summed E-state index contributed by atoms with van der Waals surface area (Å²) < 4.78 is 39.1. The minimum Gasteiger partial charge on any atom is -0.481 e. The Morgan fingerprint density at radius 1 is 1.29 bits per heavy atom. The zero-order valence-electron chi connectivity index (χ0n) is 10.5. The minimum atomic E-state index is -3.98. The number of anilines is 1. The van der Waals surface area contributed by atoms with E-state index in [9.17, 15) is 17.6 Å². The third kappa shape index (κ3) is 3.96. The Bertz CT molecular complexity index is 762. The first-order valence-electron chi connectivity index (χ1n) is 5.67. The quantitative estimate of drug-likeness (QED) is 0.854. The van der Waals surface area contributed by atoms with Crippen LogP contribution in [0.1, 0.15) is 5.69 Å². The Morgan fingerprint density at radius 2 is 2.05 bits per heavy atom. The minimum absolute atomic E-state index is 0.133. The molecule has 2 heterocycles. The zero-order chi connectivity index (χ0) is 15.5. The maximum atomic E-state index is 13.0. The molecule has 0 bridgehead atoms. The summed E-state index contributed by atoms with van der Waals surface area (Å²) in [6.07, 6.45) is 2.82. The number of carboxylic acid groups (broad SMARTS) is 1. The summed E-state index contributed by atoms with van der Waals surface area (Å²) in [5.41, 5.74) is 0.422. The summed E-state index contributed by atoms with van der Waals surface area (Å²) in [6, 6.07) is 3.59. The van der Waals surface area contributed by atoms with Crippen molar-refractivity contribution in [2.75, 3.05) is 4.72 Å². The van der Waals surface area contributed by atoms with Crippen LogP contribution < -0.4 is 4.72 Å². The van der Waals surface area contributed by atoms with Gasteiger partial charge in [-0.3, -0.25) is 19.5 Å². The molecule has 0 fully saturated rings. The van der Waals surface area contributed by atoms with Gasteiger partial charge in [0, 0.05) is 6.20 Å². The normalized spacial score (nSPS) is 11.1. The number of carboxylic acids is 1. The number of aliphatic carboxylic acids is 1. The lowest BCUT2D eigenvalue weighted by atomic mass is 10.3. The highest BCUT2D eigenvalue weighted by molar-refractivity contribution is 7.92. The number of halogens is 1. The summed E-state index contributed by atoms with van der Waals surface area (Å²) in [5, 5.41) is 8.60. The second-order valence-electron chi connectivity index (χ2n) is 4.05. The van der Waals surface area contributed by atoms with Crippen molar-refractivity contribution < 1.29 is 22.7 Å². The number of carbonyl (C=O) groups is 1. The van der Waals surface area contributed by atoms with Crippen molar-refractivity contribution in [1.29, 1.82) is 0 Å². The highest BCUT2D eigenvalue weighted by Crippen LogP contribution is 2.15. The second kappa shape index (κ2) is 5.83. The predicted octanol–water partition coefficient (Wildman–Crippen LogP) is 1.04. The second-order valence-corrected chi connectivity index (χ2v) is 5.74. The van der Waals surface area contributed by atoms with Crippen molar-refractivity contribution in [1.82, 2.24) is 9.97 Å². The molecule has 0 aliphatic carbocycles. The van der Waals surface area contributed by atoms with Gasteiger partial charge in [-0.1, -0.05) is 0 Å². The molecule has 0 unspecified atom stereocenters. The van der Waals surface area contributed by atoms with Gasteiger partial charge in [-0.2, -0.15) is 0 Å². The van der Waals surface area contributed by atoms with E-state index >= 15 is 0 Å². The fourth-order valence-corrected chi connectivity index (χ4v) is 2.51. The molecule has 110 valence electrons. The van der Waals surface area contributed by atoms with Gasteiger partial charge in [0.15, 0.2) is 0 Å². The van der Waals surface area contributed by atoms with Crippen molar-refractivity contribution >= 4 is 21.7 Å². The lowest BCUT2D eigenvalue weighted by Crippen LogP contribution is -2.14. The summed E-state index contributed by atoms with van der Waals surface area (Å²) in [6.45, 7) is 0. The Kier molecular flexibility index (Phi) is 4.13. The molecular weight excluding hydrogens is 301 g/mol. The molecule has 0 saturated heterocycles. The molecule has 2 N–H and O–H groups in total. The number of aromatic nitrogens is 2. The van der Waals surface area contributed by atoms with Gasteiger partial charge in [0.05, 0.1) is 30.2 Å². The first-order chi connectivity index (χ1) is 9.87. The van der Waals surface area contributed by atoms with Crippen molar-refractivity contribution in [3.63, 3.8) is 0 Å². The Hall–Kier alpha value is -2.55. The Balaban J connectivity index is 2.19. The van der Waals surface area contributed by atoms with Crippen LogP contribution in [0, 0.1) is 5.82 Å². The van der Waals surface area contributed by atoms with Crippen LogP contribution in [0.15, 0.2) is 41.7 Å². The maximum absolute atomic E-state index is 13.0. The van der Waals surface area contributed by atoms with E-state index in [4.69, 9.17) is 5.11 Å². The Labute approximate surface area is 119 Å². The van der Waals surface area contributed by atoms with E-state index in [-0.39, 0.29) is 22.7 Å². The number of rotatable bonds is 5. The van der Waals surface area contributed by atoms with Gasteiger partial charge < -0.3 is 5.11 Å². The molecule has 0 atom stereocenters. The number of hydrogen-bond donors (Lipinski definition) is 2. The monoisotopic (exact) mass is 311 g/mol. The van der Waals surface area contributed by atoms with Gasteiger partial charge in [0.2, 0.25) is 0 Å². The van der Waals surface area contributed by atoms with Crippen LogP contribution in [0.2, 0.25) is 0 Å². The van der Waals surface area contributed by atoms with E-state index in [2.05, 4.69) is 14.7 Å². The third-order valence-electron chi connectivity index (χ3n) is 2.40. The molecule has 21 heavy (non-hydrogen) atoms. The zero-order valence-corrected chi connectivity index (χ0v) is 11.3. The number of hydrogen-bond acceptors (Lipinski definition) is 5. The molecule has 9 heteroatoms. The van der Waals surface area contributed by atoms with Crippen LogP contribution in [-0.4, -0.2) is 29.5 Å². The molecule has 2 rings (SSSR count). The lowest BCUT2D eigenvalue weighted by Gasteiger charge is -2.07. The highest BCUT2D eigenvalue weighted by atomic mass is 32.2. The molecule has 0 saturated carbocycles. The van der Waals surface area contributed by atoms with Crippen molar-refractivity contribution in [3.8, 4) is 0 Å². The molecule has 0 radical (unpaired) electrons.